The third-order valence-electron chi connectivity index (χ3n) is 10.4. The van der Waals surface area contributed by atoms with Crippen molar-refractivity contribution in [3.8, 4) is 0 Å². The highest BCUT2D eigenvalue weighted by atomic mass is 19.2. The number of esters is 1. The molecular formula is C31H34F4N2O6. The Balaban J connectivity index is 1.09. The smallest absolute Gasteiger partial charge is 0.340 e. The maximum Gasteiger partial charge on any atom is 0.340 e. The van der Waals surface area contributed by atoms with Gasteiger partial charge in [-0.05, 0) is 75.1 Å². The second-order valence-corrected chi connectivity index (χ2v) is 12.8. The molecular weight excluding hydrogens is 572 g/mol. The molecule has 1 saturated carbocycles. The van der Waals surface area contributed by atoms with E-state index in [1.54, 1.807) is 29.2 Å². The lowest BCUT2D eigenvalue weighted by Gasteiger charge is -2.59. The summed E-state index contributed by atoms with van der Waals surface area (Å²) in [5, 5.41) is 0. The van der Waals surface area contributed by atoms with Crippen LogP contribution in [-0.4, -0.2) is 41.5 Å². The van der Waals surface area contributed by atoms with Gasteiger partial charge in [-0.25, -0.2) is 23.4 Å². The minimum Gasteiger partial charge on any atom is -0.432 e. The van der Waals surface area contributed by atoms with E-state index < -0.39 is 65.1 Å². The SMILES string of the molecule is C[C@H]1[C@H](OC(=O)c2ccc(N3CCCC3c3c(F)c(F)nc(F)c3F)cc2)O[C@@H]2O[C@@]3(C)CC[C@H]4[C@H](C)CC[C@@H]1[C@@]24OO3. The number of carbonyl (C=O) groups is 1. The maximum absolute atomic E-state index is 14.5. The number of anilines is 1. The van der Waals surface area contributed by atoms with Crippen molar-refractivity contribution in [1.82, 2.24) is 4.98 Å². The number of benzene rings is 1. The van der Waals surface area contributed by atoms with Crippen molar-refractivity contribution in [2.75, 3.05) is 11.4 Å². The molecule has 1 aliphatic carbocycles. The Bertz CT molecular complexity index is 1400. The van der Waals surface area contributed by atoms with Gasteiger partial charge >= 0.3 is 5.97 Å². The van der Waals surface area contributed by atoms with Crippen LogP contribution in [0.5, 0.6) is 0 Å². The summed E-state index contributed by atoms with van der Waals surface area (Å²) >= 11 is 0. The summed E-state index contributed by atoms with van der Waals surface area (Å²) < 4.78 is 75.3. The van der Waals surface area contributed by atoms with E-state index in [0.717, 1.165) is 19.3 Å². The van der Waals surface area contributed by atoms with E-state index in [0.29, 0.717) is 31.0 Å². The van der Waals surface area contributed by atoms with E-state index in [-0.39, 0.29) is 29.7 Å². The van der Waals surface area contributed by atoms with Crippen LogP contribution in [0.25, 0.3) is 0 Å². The van der Waals surface area contributed by atoms with Crippen molar-refractivity contribution in [2.24, 2.45) is 23.7 Å². The van der Waals surface area contributed by atoms with Gasteiger partial charge in [-0.1, -0.05) is 13.8 Å². The fourth-order valence-corrected chi connectivity index (χ4v) is 8.14. The zero-order valence-corrected chi connectivity index (χ0v) is 24.2. The quantitative estimate of drug-likeness (QED) is 0.173. The molecule has 1 spiro atoms. The van der Waals surface area contributed by atoms with E-state index in [9.17, 15) is 22.4 Å². The number of carbonyl (C=O) groups excluding carboxylic acids is 1. The van der Waals surface area contributed by atoms with Gasteiger partial charge in [0.25, 0.3) is 11.9 Å². The monoisotopic (exact) mass is 606 g/mol. The van der Waals surface area contributed by atoms with Crippen molar-refractivity contribution in [3.05, 3.63) is 58.9 Å². The number of aromatic nitrogens is 1. The molecule has 0 amide bonds. The number of hydrogen-bond donors (Lipinski definition) is 0. The van der Waals surface area contributed by atoms with Gasteiger partial charge in [0.2, 0.25) is 12.1 Å². The lowest BCUT2D eigenvalue weighted by atomic mass is 9.58. The van der Waals surface area contributed by atoms with Crippen molar-refractivity contribution in [2.45, 2.75) is 89.3 Å². The molecule has 6 heterocycles. The predicted octanol–water partition coefficient (Wildman–Crippen LogP) is 6.34. The maximum atomic E-state index is 14.5. The largest absolute Gasteiger partial charge is 0.432 e. The minimum atomic E-state index is -1.68. The molecule has 1 unspecified atom stereocenters. The molecule has 12 heteroatoms. The molecule has 2 bridgehead atoms. The number of rotatable bonds is 4. The number of pyridine rings is 1. The Hall–Kier alpha value is -2.80. The highest BCUT2D eigenvalue weighted by molar-refractivity contribution is 5.90. The molecule has 2 aromatic rings. The average molecular weight is 607 g/mol. The first-order valence-corrected chi connectivity index (χ1v) is 15.0. The molecule has 5 aliphatic heterocycles. The molecule has 9 atom stereocenters. The highest BCUT2D eigenvalue weighted by Gasteiger charge is 2.69. The number of ether oxygens (including phenoxy) is 3. The van der Waals surface area contributed by atoms with Crippen molar-refractivity contribution in [3.63, 3.8) is 0 Å². The molecule has 6 aliphatic rings. The summed E-state index contributed by atoms with van der Waals surface area (Å²) in [5.74, 6) is -7.54. The topological polar surface area (TPSA) is 79.4 Å². The van der Waals surface area contributed by atoms with E-state index in [1.165, 1.54) is 0 Å². The Morgan fingerprint density at radius 3 is 2.42 bits per heavy atom. The molecule has 8 nitrogen and oxygen atoms in total. The third-order valence-corrected chi connectivity index (χ3v) is 10.4. The molecule has 43 heavy (non-hydrogen) atoms. The molecule has 6 fully saturated rings. The van der Waals surface area contributed by atoms with Crippen molar-refractivity contribution in [1.29, 1.82) is 0 Å². The van der Waals surface area contributed by atoms with Gasteiger partial charge in [0.15, 0.2) is 23.5 Å². The Kier molecular flexibility index (Phi) is 6.99. The summed E-state index contributed by atoms with van der Waals surface area (Å²) in [6.07, 6.45) is 2.64. The van der Waals surface area contributed by atoms with Crippen LogP contribution in [-0.2, 0) is 24.0 Å². The van der Waals surface area contributed by atoms with Crippen LogP contribution < -0.4 is 4.90 Å². The number of fused-ring (bicyclic) bond motifs is 2. The molecule has 8 rings (SSSR count). The average Bonchev–Trinajstić information content (AvgIpc) is 3.35. The zero-order valence-electron chi connectivity index (χ0n) is 24.2. The summed E-state index contributed by atoms with van der Waals surface area (Å²) in [6, 6.07) is 5.39. The Labute approximate surface area is 246 Å². The third kappa shape index (κ3) is 4.47. The van der Waals surface area contributed by atoms with Gasteiger partial charge in [-0.3, -0.25) is 0 Å². The fraction of sp³-hybridized carbons (Fsp3) is 0.613. The van der Waals surface area contributed by atoms with Gasteiger partial charge < -0.3 is 19.1 Å². The van der Waals surface area contributed by atoms with Gasteiger partial charge in [0, 0.05) is 30.5 Å². The fourth-order valence-electron chi connectivity index (χ4n) is 8.14. The molecule has 1 aromatic heterocycles. The number of halogens is 4. The van der Waals surface area contributed by atoms with Gasteiger partial charge in [0.1, 0.15) is 0 Å². The lowest BCUT2D eigenvalue weighted by molar-refractivity contribution is -0.576. The Morgan fingerprint density at radius 1 is 0.977 bits per heavy atom. The van der Waals surface area contributed by atoms with Crippen LogP contribution in [0.4, 0.5) is 23.2 Å². The minimum absolute atomic E-state index is 0.00831. The number of hydrogen-bond acceptors (Lipinski definition) is 8. The summed E-state index contributed by atoms with van der Waals surface area (Å²) in [5.41, 5.74) is -0.678. The van der Waals surface area contributed by atoms with Crippen molar-refractivity contribution < 1.29 is 46.3 Å². The van der Waals surface area contributed by atoms with E-state index in [1.807, 2.05) is 13.8 Å². The van der Waals surface area contributed by atoms with Crippen LogP contribution in [0.1, 0.15) is 81.3 Å². The summed E-state index contributed by atoms with van der Waals surface area (Å²) in [7, 11) is 0. The summed E-state index contributed by atoms with van der Waals surface area (Å²) in [4.78, 5) is 29.6. The lowest BCUT2D eigenvalue weighted by Crippen LogP contribution is -2.70. The van der Waals surface area contributed by atoms with Crippen LogP contribution in [0.2, 0.25) is 0 Å². The molecule has 232 valence electrons. The molecule has 1 aromatic carbocycles. The van der Waals surface area contributed by atoms with Crippen LogP contribution in [0.15, 0.2) is 24.3 Å². The first-order chi connectivity index (χ1) is 20.5. The first kappa shape index (κ1) is 28.9. The Morgan fingerprint density at radius 2 is 1.70 bits per heavy atom. The summed E-state index contributed by atoms with van der Waals surface area (Å²) in [6.45, 7) is 6.45. The standard InChI is InChI=1S/C31H34F4N2O6/c1-15-6-11-20-16(2)28(40-29-31(20)19(15)12-13-30(3,41-29)42-43-31)39-27(38)17-7-9-18(10-8-17)37-14-4-5-21(37)22-23(32)25(34)36-26(35)24(22)33/h7-10,15-16,19-21,28-29H,4-6,11-14H2,1-3H3/t15-,16-,19+,20+,21?,28-,29-,30-,31-/m1/s1. The predicted molar refractivity (Wildman–Crippen MR) is 142 cm³/mol. The molecule has 0 N–H and O–H groups in total. The second-order valence-electron chi connectivity index (χ2n) is 12.8. The van der Waals surface area contributed by atoms with Crippen LogP contribution in [0, 0.1) is 47.2 Å². The highest BCUT2D eigenvalue weighted by Crippen LogP contribution is 2.60. The van der Waals surface area contributed by atoms with E-state index in [2.05, 4.69) is 11.9 Å². The van der Waals surface area contributed by atoms with E-state index in [4.69, 9.17) is 24.0 Å². The van der Waals surface area contributed by atoms with Crippen LogP contribution in [0.3, 0.4) is 0 Å². The van der Waals surface area contributed by atoms with E-state index >= 15 is 0 Å². The van der Waals surface area contributed by atoms with Gasteiger partial charge in [0.05, 0.1) is 17.2 Å². The van der Waals surface area contributed by atoms with Crippen molar-refractivity contribution >= 4 is 11.7 Å². The van der Waals surface area contributed by atoms with Crippen LogP contribution >= 0.6 is 0 Å². The molecule has 5 saturated heterocycles. The second kappa shape index (κ2) is 10.4. The zero-order chi connectivity index (χ0) is 30.3. The molecule has 0 radical (unpaired) electrons. The normalized spacial score (nSPS) is 38.5. The first-order valence-electron chi connectivity index (χ1n) is 15.0. The van der Waals surface area contributed by atoms with Gasteiger partial charge in [-0.15, -0.1) is 0 Å². The number of nitrogens with zero attached hydrogens (tertiary/aromatic N) is 2. The van der Waals surface area contributed by atoms with Gasteiger partial charge in [-0.2, -0.15) is 13.8 Å².